The summed E-state index contributed by atoms with van der Waals surface area (Å²) in [6.07, 6.45) is 3.27. The van der Waals surface area contributed by atoms with Gasteiger partial charge in [-0.05, 0) is 44.5 Å². The highest BCUT2D eigenvalue weighted by Gasteiger charge is 2.17. The number of thiazole rings is 1. The highest BCUT2D eigenvalue weighted by atomic mass is 79.9. The van der Waals surface area contributed by atoms with Crippen molar-refractivity contribution in [3.8, 4) is 22.0 Å². The van der Waals surface area contributed by atoms with Gasteiger partial charge in [-0.15, -0.1) is 11.3 Å². The van der Waals surface area contributed by atoms with Gasteiger partial charge in [-0.3, -0.25) is 0 Å². The molecule has 142 valence electrons. The lowest BCUT2D eigenvalue weighted by Gasteiger charge is -2.15. The van der Waals surface area contributed by atoms with E-state index in [1.54, 1.807) is 23.8 Å². The lowest BCUT2D eigenvalue weighted by atomic mass is 10.1. The average Bonchev–Trinajstić information content (AvgIpc) is 3.33. The van der Waals surface area contributed by atoms with Crippen molar-refractivity contribution >= 4 is 33.0 Å². The van der Waals surface area contributed by atoms with Gasteiger partial charge in [0.15, 0.2) is 0 Å². The van der Waals surface area contributed by atoms with Gasteiger partial charge >= 0.3 is 0 Å². The molecule has 0 fully saturated rings. The fourth-order valence-corrected chi connectivity index (χ4v) is 4.89. The van der Waals surface area contributed by atoms with Crippen molar-refractivity contribution in [1.29, 1.82) is 0 Å². The standard InChI is InChI=1S/C22H20BrN3OS/c1-13-8-9-16(12-18(13)21-24-10-11-27-21)25-14(2)20-15(3)26-22(28-20)17-6-4-5-7-19(17)23/h4-12,14,25H,1-3H3. The van der Waals surface area contributed by atoms with Crippen molar-refractivity contribution < 1.29 is 4.42 Å². The number of rotatable bonds is 5. The Labute approximate surface area is 176 Å². The van der Waals surface area contributed by atoms with E-state index in [2.05, 4.69) is 71.3 Å². The van der Waals surface area contributed by atoms with E-state index in [0.717, 1.165) is 37.6 Å². The third kappa shape index (κ3) is 3.75. The molecule has 2 heterocycles. The van der Waals surface area contributed by atoms with E-state index in [1.807, 2.05) is 18.2 Å². The molecule has 0 saturated heterocycles. The summed E-state index contributed by atoms with van der Waals surface area (Å²) in [5, 5.41) is 4.62. The van der Waals surface area contributed by atoms with Gasteiger partial charge in [-0.1, -0.05) is 40.2 Å². The zero-order valence-corrected chi connectivity index (χ0v) is 18.3. The molecule has 0 aliphatic rings. The number of nitrogens with one attached hydrogen (secondary N) is 1. The van der Waals surface area contributed by atoms with Gasteiger partial charge in [-0.25, -0.2) is 9.97 Å². The number of hydrogen-bond donors (Lipinski definition) is 1. The minimum atomic E-state index is 0.133. The van der Waals surface area contributed by atoms with Gasteiger partial charge in [0, 0.05) is 26.2 Å². The van der Waals surface area contributed by atoms with Gasteiger partial charge in [-0.2, -0.15) is 0 Å². The summed E-state index contributed by atoms with van der Waals surface area (Å²) in [7, 11) is 0. The first kappa shape index (κ1) is 18.9. The molecule has 1 unspecified atom stereocenters. The van der Waals surface area contributed by atoms with Crippen molar-refractivity contribution in [2.24, 2.45) is 0 Å². The maximum absolute atomic E-state index is 5.48. The highest BCUT2D eigenvalue weighted by Crippen LogP contribution is 2.36. The lowest BCUT2D eigenvalue weighted by Crippen LogP contribution is -2.06. The molecule has 2 aromatic carbocycles. The smallest absolute Gasteiger partial charge is 0.226 e. The van der Waals surface area contributed by atoms with E-state index in [1.165, 1.54) is 4.88 Å². The van der Waals surface area contributed by atoms with Crippen LogP contribution in [-0.2, 0) is 0 Å². The monoisotopic (exact) mass is 453 g/mol. The Balaban J connectivity index is 1.60. The van der Waals surface area contributed by atoms with Crippen LogP contribution in [0.15, 0.2) is 63.8 Å². The van der Waals surface area contributed by atoms with E-state index in [0.29, 0.717) is 5.89 Å². The molecule has 1 atom stereocenters. The summed E-state index contributed by atoms with van der Waals surface area (Å²) < 4.78 is 6.54. The Morgan fingerprint density at radius 1 is 1.11 bits per heavy atom. The van der Waals surface area contributed by atoms with E-state index in [4.69, 9.17) is 9.40 Å². The summed E-state index contributed by atoms with van der Waals surface area (Å²) in [4.78, 5) is 10.3. The fraction of sp³-hybridized carbons (Fsp3) is 0.182. The zero-order valence-electron chi connectivity index (χ0n) is 15.9. The summed E-state index contributed by atoms with van der Waals surface area (Å²) in [6, 6.07) is 14.6. The number of aryl methyl sites for hydroxylation is 2. The molecule has 0 radical (unpaired) electrons. The molecule has 4 nitrogen and oxygen atoms in total. The quantitative estimate of drug-likeness (QED) is 0.352. The largest absolute Gasteiger partial charge is 0.445 e. The molecule has 2 aromatic heterocycles. The van der Waals surface area contributed by atoms with Crippen LogP contribution in [0.25, 0.3) is 22.0 Å². The maximum Gasteiger partial charge on any atom is 0.226 e. The Bertz CT molecular complexity index is 1100. The SMILES string of the molecule is Cc1ccc(NC(C)c2sc(-c3ccccc3Br)nc2C)cc1-c1ncco1. The Morgan fingerprint density at radius 2 is 1.93 bits per heavy atom. The molecule has 0 aliphatic heterocycles. The first-order valence-electron chi connectivity index (χ1n) is 9.02. The first-order chi connectivity index (χ1) is 13.5. The Kier molecular flexibility index (Phi) is 5.33. The predicted molar refractivity (Wildman–Crippen MR) is 119 cm³/mol. The Hall–Kier alpha value is -2.44. The first-order valence-corrected chi connectivity index (χ1v) is 10.6. The van der Waals surface area contributed by atoms with Crippen LogP contribution in [0.4, 0.5) is 5.69 Å². The second-order valence-electron chi connectivity index (χ2n) is 6.68. The number of nitrogens with zero attached hydrogens (tertiary/aromatic N) is 2. The van der Waals surface area contributed by atoms with Crippen LogP contribution in [-0.4, -0.2) is 9.97 Å². The fourth-order valence-electron chi connectivity index (χ4n) is 3.17. The van der Waals surface area contributed by atoms with Gasteiger partial charge in [0.2, 0.25) is 5.89 Å². The van der Waals surface area contributed by atoms with Crippen molar-refractivity contribution in [1.82, 2.24) is 9.97 Å². The average molecular weight is 454 g/mol. The molecule has 28 heavy (non-hydrogen) atoms. The van der Waals surface area contributed by atoms with Crippen LogP contribution < -0.4 is 5.32 Å². The molecule has 1 N–H and O–H groups in total. The molecule has 0 bridgehead atoms. The van der Waals surface area contributed by atoms with Gasteiger partial charge in [0.05, 0.1) is 17.9 Å². The number of halogens is 1. The van der Waals surface area contributed by atoms with Crippen LogP contribution >= 0.6 is 27.3 Å². The predicted octanol–water partition coefficient (Wildman–Crippen LogP) is 7.02. The summed E-state index contributed by atoms with van der Waals surface area (Å²) in [5.41, 5.74) is 5.33. The van der Waals surface area contributed by atoms with Crippen LogP contribution in [0.1, 0.15) is 29.1 Å². The molecule has 0 aliphatic carbocycles. The molecule has 4 aromatic rings. The summed E-state index contributed by atoms with van der Waals surface area (Å²) >= 11 is 5.35. The van der Waals surface area contributed by atoms with Crippen LogP contribution in [0, 0.1) is 13.8 Å². The second kappa shape index (κ2) is 7.89. The molecule has 4 rings (SSSR count). The van der Waals surface area contributed by atoms with Crippen molar-refractivity contribution in [3.63, 3.8) is 0 Å². The number of hydrogen-bond acceptors (Lipinski definition) is 5. The number of benzene rings is 2. The molecule has 6 heteroatoms. The number of oxazole rings is 1. The van der Waals surface area contributed by atoms with Gasteiger partial charge in [0.25, 0.3) is 0 Å². The summed E-state index contributed by atoms with van der Waals surface area (Å²) in [5.74, 6) is 0.638. The molecule has 0 amide bonds. The lowest BCUT2D eigenvalue weighted by molar-refractivity contribution is 0.574. The Morgan fingerprint density at radius 3 is 2.68 bits per heavy atom. The third-order valence-corrected chi connectivity index (χ3v) is 6.68. The minimum Gasteiger partial charge on any atom is -0.445 e. The number of anilines is 1. The zero-order chi connectivity index (χ0) is 19.7. The maximum atomic E-state index is 5.48. The van der Waals surface area contributed by atoms with E-state index < -0.39 is 0 Å². The van der Waals surface area contributed by atoms with Crippen LogP contribution in [0.5, 0.6) is 0 Å². The molecular weight excluding hydrogens is 434 g/mol. The highest BCUT2D eigenvalue weighted by molar-refractivity contribution is 9.10. The molecule has 0 saturated carbocycles. The van der Waals surface area contributed by atoms with Crippen molar-refractivity contribution in [2.75, 3.05) is 5.32 Å². The van der Waals surface area contributed by atoms with Crippen molar-refractivity contribution in [2.45, 2.75) is 26.8 Å². The normalized spacial score (nSPS) is 12.1. The van der Waals surface area contributed by atoms with Crippen molar-refractivity contribution in [3.05, 3.63) is 75.5 Å². The molecule has 0 spiro atoms. The van der Waals surface area contributed by atoms with Crippen LogP contribution in [0.3, 0.4) is 0 Å². The van der Waals surface area contributed by atoms with E-state index >= 15 is 0 Å². The minimum absolute atomic E-state index is 0.133. The van der Waals surface area contributed by atoms with Gasteiger partial charge < -0.3 is 9.73 Å². The second-order valence-corrected chi connectivity index (χ2v) is 8.57. The molecular formula is C22H20BrN3OS. The van der Waals surface area contributed by atoms with Crippen LogP contribution in [0.2, 0.25) is 0 Å². The summed E-state index contributed by atoms with van der Waals surface area (Å²) in [6.45, 7) is 6.29. The number of aromatic nitrogens is 2. The topological polar surface area (TPSA) is 51.0 Å². The van der Waals surface area contributed by atoms with Gasteiger partial charge in [0.1, 0.15) is 11.3 Å². The van der Waals surface area contributed by atoms with E-state index in [9.17, 15) is 0 Å². The third-order valence-electron chi connectivity index (χ3n) is 4.61. The van der Waals surface area contributed by atoms with E-state index in [-0.39, 0.29) is 6.04 Å².